The lowest BCUT2D eigenvalue weighted by atomic mass is 10.0. The average molecular weight is 536 g/mol. The monoisotopic (exact) mass is 535 g/mol. The number of thioether (sulfide) groups is 1. The van der Waals surface area contributed by atoms with Gasteiger partial charge in [-0.2, -0.15) is 11.8 Å². The van der Waals surface area contributed by atoms with Gasteiger partial charge in [0.1, 0.15) is 18.1 Å². The van der Waals surface area contributed by atoms with Crippen LogP contribution in [0.5, 0.6) is 0 Å². The van der Waals surface area contributed by atoms with Crippen molar-refractivity contribution in [3.05, 3.63) is 36.0 Å². The lowest BCUT2D eigenvalue weighted by Gasteiger charge is -2.27. The minimum Gasteiger partial charge on any atom is -0.480 e. The van der Waals surface area contributed by atoms with Crippen molar-refractivity contribution in [3.8, 4) is 0 Å². The zero-order valence-corrected chi connectivity index (χ0v) is 22.3. The minimum atomic E-state index is -1.37. The van der Waals surface area contributed by atoms with Crippen molar-refractivity contribution in [2.24, 2.45) is 11.7 Å². The third-order valence-corrected chi connectivity index (χ3v) is 6.68. The normalized spacial score (nSPS) is 15.4. The fourth-order valence-corrected chi connectivity index (χ4v) is 4.19. The summed E-state index contributed by atoms with van der Waals surface area (Å²) in [6.45, 7) is 4.83. The molecule has 0 aliphatic rings. The highest BCUT2D eigenvalue weighted by molar-refractivity contribution is 7.98. The fraction of sp³-hybridized carbons (Fsp3) is 0.520. The van der Waals surface area contributed by atoms with E-state index in [1.54, 1.807) is 20.0 Å². The first kappa shape index (κ1) is 30.1. The van der Waals surface area contributed by atoms with Crippen LogP contribution in [-0.4, -0.2) is 81.2 Å². The number of carboxylic acids is 1. The maximum Gasteiger partial charge on any atom is 0.326 e. The van der Waals surface area contributed by atoms with E-state index >= 15 is 0 Å². The van der Waals surface area contributed by atoms with E-state index in [-0.39, 0.29) is 18.8 Å². The van der Waals surface area contributed by atoms with E-state index in [1.807, 2.05) is 30.5 Å². The average Bonchev–Trinajstić information content (AvgIpc) is 3.26. The Morgan fingerprint density at radius 1 is 1.00 bits per heavy atom. The molecule has 0 radical (unpaired) electrons. The van der Waals surface area contributed by atoms with Crippen LogP contribution in [0.4, 0.5) is 0 Å². The molecule has 1 aromatic carbocycles. The number of benzene rings is 1. The summed E-state index contributed by atoms with van der Waals surface area (Å²) >= 11 is 1.45. The van der Waals surface area contributed by atoms with Gasteiger partial charge in [0, 0.05) is 23.5 Å². The van der Waals surface area contributed by atoms with Crippen LogP contribution in [0, 0.1) is 5.92 Å². The number of hydrogen-bond donors (Lipinski definition) is 7. The van der Waals surface area contributed by atoms with Crippen LogP contribution in [0.2, 0.25) is 0 Å². The Kier molecular flexibility index (Phi) is 11.4. The number of nitrogens with two attached hydrogens (primary N) is 1. The highest BCUT2D eigenvalue weighted by Gasteiger charge is 2.33. The number of rotatable bonds is 14. The Morgan fingerprint density at radius 2 is 1.65 bits per heavy atom. The molecule has 204 valence electrons. The summed E-state index contributed by atoms with van der Waals surface area (Å²) in [6.07, 6.45) is 2.51. The van der Waals surface area contributed by atoms with Crippen LogP contribution < -0.4 is 21.7 Å². The van der Waals surface area contributed by atoms with Gasteiger partial charge in [-0.05, 0) is 42.9 Å². The predicted octanol–water partition coefficient (Wildman–Crippen LogP) is 0.367. The molecule has 0 spiro atoms. The number of carboxylic acid groups (broad SMARTS) is 1. The summed E-state index contributed by atoms with van der Waals surface area (Å²) in [7, 11) is 0. The SMILES string of the molecule is CSCCC(NC(=O)C(Cc1c[nH]c2ccccc12)NC(=O)C(NC(=O)C(N)C(C)C)C(C)O)C(=O)O. The largest absolute Gasteiger partial charge is 0.480 e. The van der Waals surface area contributed by atoms with Crippen molar-refractivity contribution in [1.82, 2.24) is 20.9 Å². The number of aliphatic carboxylic acids is 1. The van der Waals surface area contributed by atoms with E-state index in [1.165, 1.54) is 18.7 Å². The standard InChI is InChI=1S/C25H37N5O6S/c1-13(2)20(26)23(33)30-21(14(3)31)24(34)29-19(22(32)28-18(25(35)36)9-10-37-4)11-15-12-27-17-8-6-5-7-16(15)17/h5-8,12-14,18-21,27,31H,9-11,26H2,1-4H3,(H,28,32)(H,29,34)(H,30,33)(H,35,36). The Morgan fingerprint density at radius 3 is 2.24 bits per heavy atom. The summed E-state index contributed by atoms with van der Waals surface area (Å²) in [5, 5.41) is 28.2. The molecular weight excluding hydrogens is 498 g/mol. The molecule has 1 aromatic heterocycles. The number of carbonyl (C=O) groups excluding carboxylic acids is 3. The summed E-state index contributed by atoms with van der Waals surface area (Å²) in [4.78, 5) is 53.7. The second-order valence-electron chi connectivity index (χ2n) is 9.30. The Labute approximate surface area is 220 Å². The second kappa shape index (κ2) is 14.0. The topological polar surface area (TPSA) is 187 Å². The number of aromatic nitrogens is 1. The molecule has 11 nitrogen and oxygen atoms in total. The van der Waals surface area contributed by atoms with E-state index in [2.05, 4.69) is 20.9 Å². The molecule has 2 rings (SSSR count). The van der Waals surface area contributed by atoms with Crippen LogP contribution >= 0.6 is 11.8 Å². The number of hydrogen-bond acceptors (Lipinski definition) is 7. The van der Waals surface area contributed by atoms with E-state index in [9.17, 15) is 29.4 Å². The third-order valence-electron chi connectivity index (χ3n) is 6.04. The lowest BCUT2D eigenvalue weighted by Crippen LogP contribution is -2.60. The van der Waals surface area contributed by atoms with Crippen molar-refractivity contribution in [2.45, 2.75) is 63.9 Å². The van der Waals surface area contributed by atoms with Crippen LogP contribution in [-0.2, 0) is 25.6 Å². The van der Waals surface area contributed by atoms with Gasteiger partial charge >= 0.3 is 5.97 Å². The summed E-state index contributed by atoms with van der Waals surface area (Å²) in [6, 6.07) is 2.84. The van der Waals surface area contributed by atoms with Gasteiger partial charge < -0.3 is 36.9 Å². The van der Waals surface area contributed by atoms with Gasteiger partial charge in [0.25, 0.3) is 0 Å². The quantitative estimate of drug-likeness (QED) is 0.181. The maximum absolute atomic E-state index is 13.3. The highest BCUT2D eigenvalue weighted by atomic mass is 32.2. The first-order chi connectivity index (χ1) is 17.5. The van der Waals surface area contributed by atoms with Crippen LogP contribution in [0.25, 0.3) is 10.9 Å². The molecule has 37 heavy (non-hydrogen) atoms. The van der Waals surface area contributed by atoms with Crippen LogP contribution in [0.3, 0.4) is 0 Å². The van der Waals surface area contributed by atoms with E-state index in [0.717, 1.165) is 16.5 Å². The number of aliphatic hydroxyl groups excluding tert-OH is 1. The number of carbonyl (C=O) groups is 4. The van der Waals surface area contributed by atoms with E-state index in [0.29, 0.717) is 5.75 Å². The fourth-order valence-electron chi connectivity index (χ4n) is 3.71. The van der Waals surface area contributed by atoms with Gasteiger partial charge in [0.15, 0.2) is 0 Å². The molecule has 0 aliphatic carbocycles. The zero-order valence-electron chi connectivity index (χ0n) is 21.5. The number of para-hydroxylation sites is 1. The van der Waals surface area contributed by atoms with Crippen molar-refractivity contribution in [3.63, 3.8) is 0 Å². The van der Waals surface area contributed by atoms with Gasteiger partial charge in [-0.1, -0.05) is 32.0 Å². The summed E-state index contributed by atoms with van der Waals surface area (Å²) in [5.74, 6) is -2.97. The molecule has 3 amide bonds. The first-order valence-electron chi connectivity index (χ1n) is 12.1. The lowest BCUT2D eigenvalue weighted by molar-refractivity contribution is -0.142. The van der Waals surface area contributed by atoms with Crippen LogP contribution in [0.1, 0.15) is 32.8 Å². The molecule has 5 unspecified atom stereocenters. The molecule has 0 aliphatic heterocycles. The number of nitrogens with one attached hydrogen (secondary N) is 4. The number of fused-ring (bicyclic) bond motifs is 1. The first-order valence-corrected chi connectivity index (χ1v) is 13.5. The van der Waals surface area contributed by atoms with Gasteiger partial charge in [0.2, 0.25) is 17.7 Å². The van der Waals surface area contributed by atoms with Crippen molar-refractivity contribution < 1.29 is 29.4 Å². The molecule has 2 aromatic rings. The number of aliphatic hydroxyl groups is 1. The second-order valence-corrected chi connectivity index (χ2v) is 10.3. The number of aromatic amines is 1. The highest BCUT2D eigenvalue weighted by Crippen LogP contribution is 2.19. The van der Waals surface area contributed by atoms with E-state index < -0.39 is 54.0 Å². The van der Waals surface area contributed by atoms with Crippen molar-refractivity contribution in [1.29, 1.82) is 0 Å². The Hall–Kier alpha value is -3.09. The smallest absolute Gasteiger partial charge is 0.326 e. The molecule has 5 atom stereocenters. The molecule has 12 heteroatoms. The summed E-state index contributed by atoms with van der Waals surface area (Å²) < 4.78 is 0. The van der Waals surface area contributed by atoms with Gasteiger partial charge in [0.05, 0.1) is 12.1 Å². The molecule has 0 bridgehead atoms. The number of amides is 3. The molecule has 8 N–H and O–H groups in total. The van der Waals surface area contributed by atoms with Gasteiger partial charge in [-0.3, -0.25) is 14.4 Å². The van der Waals surface area contributed by atoms with Gasteiger partial charge in [-0.15, -0.1) is 0 Å². The van der Waals surface area contributed by atoms with E-state index in [4.69, 9.17) is 5.73 Å². The van der Waals surface area contributed by atoms with Gasteiger partial charge in [-0.25, -0.2) is 4.79 Å². The minimum absolute atomic E-state index is 0.0441. The molecular formula is C25H37N5O6S. The number of H-pyrrole nitrogens is 1. The summed E-state index contributed by atoms with van der Waals surface area (Å²) in [5.41, 5.74) is 7.44. The van der Waals surface area contributed by atoms with Crippen molar-refractivity contribution >= 4 is 46.4 Å². The Bertz CT molecular complexity index is 1090. The third kappa shape index (κ3) is 8.48. The van der Waals surface area contributed by atoms with Crippen LogP contribution in [0.15, 0.2) is 30.5 Å². The molecule has 0 saturated heterocycles. The Balaban J connectivity index is 2.31. The predicted molar refractivity (Wildman–Crippen MR) is 143 cm³/mol. The molecule has 0 saturated carbocycles. The molecule has 0 fully saturated rings. The van der Waals surface area contributed by atoms with Crippen molar-refractivity contribution in [2.75, 3.05) is 12.0 Å². The maximum atomic E-state index is 13.3. The zero-order chi connectivity index (χ0) is 27.7. The molecule has 1 heterocycles.